The van der Waals surface area contributed by atoms with Crippen molar-refractivity contribution in [1.29, 1.82) is 0 Å². The predicted molar refractivity (Wildman–Crippen MR) is 124 cm³/mol. The summed E-state index contributed by atoms with van der Waals surface area (Å²) in [7, 11) is -2.31. The van der Waals surface area contributed by atoms with Gasteiger partial charge in [-0.1, -0.05) is 11.6 Å². The van der Waals surface area contributed by atoms with Crippen LogP contribution in [0.4, 0.5) is 5.69 Å². The van der Waals surface area contributed by atoms with E-state index in [1.807, 2.05) is 38.1 Å². The molecular formula is C21H30ClN5O4S. The van der Waals surface area contributed by atoms with Gasteiger partial charge in [-0.2, -0.15) is 9.40 Å². The molecule has 2 aromatic rings. The zero-order valence-corrected chi connectivity index (χ0v) is 20.2. The summed E-state index contributed by atoms with van der Waals surface area (Å²) < 4.78 is 34.8. The molecule has 0 atom stereocenters. The number of carbonyl (C=O) groups excluding carboxylic acids is 1. The minimum Gasteiger partial charge on any atom is -0.379 e. The smallest absolute Gasteiger partial charge is 0.263 e. The van der Waals surface area contributed by atoms with Crippen LogP contribution in [0.15, 0.2) is 35.5 Å². The molecule has 0 bridgehead atoms. The van der Waals surface area contributed by atoms with Gasteiger partial charge in [0, 0.05) is 63.3 Å². The first-order chi connectivity index (χ1) is 15.2. The number of hydrogen-bond donors (Lipinski definition) is 1. The van der Waals surface area contributed by atoms with Crippen molar-refractivity contribution < 1.29 is 17.9 Å². The van der Waals surface area contributed by atoms with Crippen LogP contribution in [0.25, 0.3) is 0 Å². The van der Waals surface area contributed by atoms with E-state index < -0.39 is 15.9 Å². The number of piperazine rings is 1. The van der Waals surface area contributed by atoms with E-state index in [1.165, 1.54) is 15.2 Å². The molecule has 1 amide bonds. The molecule has 1 aliphatic rings. The Morgan fingerprint density at radius 2 is 1.84 bits per heavy atom. The molecule has 1 N–H and O–H groups in total. The average Bonchev–Trinajstić information content (AvgIpc) is 3.16. The lowest BCUT2D eigenvalue weighted by Crippen LogP contribution is -2.49. The van der Waals surface area contributed by atoms with Crippen molar-refractivity contribution >= 4 is 33.2 Å². The molecule has 11 heteroatoms. The van der Waals surface area contributed by atoms with Crippen LogP contribution in [0, 0.1) is 0 Å². The van der Waals surface area contributed by atoms with E-state index in [0.29, 0.717) is 50.8 Å². The van der Waals surface area contributed by atoms with Crippen molar-refractivity contribution in [2.45, 2.75) is 31.4 Å². The fraction of sp³-hybridized carbons (Fsp3) is 0.524. The number of sulfonamides is 1. The molecule has 0 spiro atoms. The number of aryl methyl sites for hydroxylation is 1. The van der Waals surface area contributed by atoms with Crippen molar-refractivity contribution in [2.24, 2.45) is 7.05 Å². The minimum absolute atomic E-state index is 0.0532. The van der Waals surface area contributed by atoms with Crippen molar-refractivity contribution in [3.05, 3.63) is 41.0 Å². The van der Waals surface area contributed by atoms with Gasteiger partial charge in [-0.25, -0.2) is 8.42 Å². The SMILES string of the molecule is CC(C)OCCCNC(=O)c1cn(C)nc1S(=O)(=O)N1CCN(c2ccc(Cl)cc2)CC1. The lowest BCUT2D eigenvalue weighted by Gasteiger charge is -2.35. The fourth-order valence-electron chi connectivity index (χ4n) is 3.46. The van der Waals surface area contributed by atoms with Gasteiger partial charge in [0.1, 0.15) is 0 Å². The number of amides is 1. The van der Waals surface area contributed by atoms with Gasteiger partial charge in [-0.15, -0.1) is 0 Å². The topological polar surface area (TPSA) is 96.8 Å². The summed E-state index contributed by atoms with van der Waals surface area (Å²) in [5, 5.41) is 7.31. The largest absolute Gasteiger partial charge is 0.379 e. The molecule has 32 heavy (non-hydrogen) atoms. The molecule has 0 unspecified atom stereocenters. The van der Waals surface area contributed by atoms with E-state index in [0.717, 1.165) is 5.69 Å². The summed E-state index contributed by atoms with van der Waals surface area (Å²) in [6, 6.07) is 7.46. The first kappa shape index (κ1) is 24.5. The van der Waals surface area contributed by atoms with Crippen molar-refractivity contribution in [3.63, 3.8) is 0 Å². The van der Waals surface area contributed by atoms with E-state index in [2.05, 4.69) is 15.3 Å². The molecule has 0 aliphatic carbocycles. The molecule has 0 saturated carbocycles. The van der Waals surface area contributed by atoms with Crippen LogP contribution in [0.1, 0.15) is 30.6 Å². The molecule has 176 valence electrons. The molecule has 1 aromatic heterocycles. The van der Waals surface area contributed by atoms with Crippen LogP contribution in [0.2, 0.25) is 5.02 Å². The maximum Gasteiger partial charge on any atom is 0.263 e. The number of anilines is 1. The van der Waals surface area contributed by atoms with E-state index in [4.69, 9.17) is 16.3 Å². The van der Waals surface area contributed by atoms with Crippen LogP contribution in [0.3, 0.4) is 0 Å². The Kier molecular flexibility index (Phi) is 8.16. The Hall–Kier alpha value is -2.14. The molecule has 3 rings (SSSR count). The van der Waals surface area contributed by atoms with Gasteiger partial charge in [-0.05, 0) is 44.5 Å². The third-order valence-corrected chi connectivity index (χ3v) is 7.20. The predicted octanol–water partition coefficient (Wildman–Crippen LogP) is 2.13. The maximum absolute atomic E-state index is 13.3. The second-order valence-corrected chi connectivity index (χ2v) is 10.2. The quantitative estimate of drug-likeness (QED) is 0.549. The number of halogens is 1. The number of nitrogens with zero attached hydrogens (tertiary/aromatic N) is 4. The Morgan fingerprint density at radius 1 is 1.19 bits per heavy atom. The van der Waals surface area contributed by atoms with Crippen molar-refractivity contribution in [3.8, 4) is 0 Å². The normalized spacial score (nSPS) is 15.3. The third kappa shape index (κ3) is 6.00. The zero-order valence-electron chi connectivity index (χ0n) is 18.6. The van der Waals surface area contributed by atoms with Gasteiger partial charge in [0.25, 0.3) is 15.9 Å². The van der Waals surface area contributed by atoms with Gasteiger partial charge in [0.05, 0.1) is 11.7 Å². The van der Waals surface area contributed by atoms with E-state index in [9.17, 15) is 13.2 Å². The Morgan fingerprint density at radius 3 is 2.47 bits per heavy atom. The highest BCUT2D eigenvalue weighted by atomic mass is 35.5. The average molecular weight is 484 g/mol. The third-order valence-electron chi connectivity index (χ3n) is 5.11. The summed E-state index contributed by atoms with van der Waals surface area (Å²) in [5.41, 5.74) is 1.04. The van der Waals surface area contributed by atoms with E-state index >= 15 is 0 Å². The number of hydrogen-bond acceptors (Lipinski definition) is 6. The lowest BCUT2D eigenvalue weighted by molar-refractivity contribution is 0.0756. The van der Waals surface area contributed by atoms with Crippen molar-refractivity contribution in [2.75, 3.05) is 44.2 Å². The molecule has 0 radical (unpaired) electrons. The van der Waals surface area contributed by atoms with E-state index in [-0.39, 0.29) is 16.7 Å². The zero-order chi connectivity index (χ0) is 23.3. The van der Waals surface area contributed by atoms with Crippen LogP contribution in [-0.4, -0.2) is 73.8 Å². The number of ether oxygens (including phenoxy) is 1. The van der Waals surface area contributed by atoms with Gasteiger partial charge >= 0.3 is 0 Å². The molecular weight excluding hydrogens is 454 g/mol. The Labute approximate surface area is 194 Å². The first-order valence-electron chi connectivity index (χ1n) is 10.6. The summed E-state index contributed by atoms with van der Waals surface area (Å²) >= 11 is 5.95. The highest BCUT2D eigenvalue weighted by molar-refractivity contribution is 7.89. The molecule has 2 heterocycles. The Bertz CT molecular complexity index is 1020. The summed E-state index contributed by atoms with van der Waals surface area (Å²) in [4.78, 5) is 14.8. The number of nitrogens with one attached hydrogen (secondary N) is 1. The summed E-state index contributed by atoms with van der Waals surface area (Å²) in [5.74, 6) is -0.457. The Balaban J connectivity index is 1.64. The maximum atomic E-state index is 13.3. The van der Waals surface area contributed by atoms with Gasteiger partial charge in [-0.3, -0.25) is 9.48 Å². The number of rotatable bonds is 9. The molecule has 9 nitrogen and oxygen atoms in total. The highest BCUT2D eigenvalue weighted by Crippen LogP contribution is 2.23. The monoisotopic (exact) mass is 483 g/mol. The first-order valence-corrected chi connectivity index (χ1v) is 12.4. The van der Waals surface area contributed by atoms with E-state index in [1.54, 1.807) is 7.05 Å². The molecule has 1 aliphatic heterocycles. The molecule has 1 saturated heterocycles. The number of carbonyl (C=O) groups is 1. The number of aromatic nitrogens is 2. The standard InChI is InChI=1S/C21H30ClN5O4S/c1-16(2)31-14-4-9-23-20(28)19-15-25(3)24-21(19)32(29,30)27-12-10-26(11-13-27)18-7-5-17(22)6-8-18/h5-8,15-16H,4,9-14H2,1-3H3,(H,23,28). The fourth-order valence-corrected chi connectivity index (χ4v) is 5.13. The summed E-state index contributed by atoms with van der Waals surface area (Å²) in [6.07, 6.45) is 2.20. The summed E-state index contributed by atoms with van der Waals surface area (Å²) in [6.45, 7) is 6.47. The van der Waals surface area contributed by atoms with Crippen molar-refractivity contribution in [1.82, 2.24) is 19.4 Å². The van der Waals surface area contributed by atoms with Crippen LogP contribution < -0.4 is 10.2 Å². The van der Waals surface area contributed by atoms with Gasteiger partial charge in [0.2, 0.25) is 5.03 Å². The second kappa shape index (κ2) is 10.7. The van der Waals surface area contributed by atoms with Gasteiger partial charge in [0.15, 0.2) is 0 Å². The second-order valence-electron chi connectivity index (χ2n) is 7.92. The highest BCUT2D eigenvalue weighted by Gasteiger charge is 2.34. The van der Waals surface area contributed by atoms with Crippen LogP contribution in [0.5, 0.6) is 0 Å². The van der Waals surface area contributed by atoms with Crippen LogP contribution >= 0.6 is 11.6 Å². The molecule has 1 fully saturated rings. The minimum atomic E-state index is -3.91. The van der Waals surface area contributed by atoms with Crippen LogP contribution in [-0.2, 0) is 21.8 Å². The van der Waals surface area contributed by atoms with Gasteiger partial charge < -0.3 is 15.0 Å². The molecule has 1 aromatic carbocycles. The number of benzene rings is 1. The lowest BCUT2D eigenvalue weighted by atomic mass is 10.2.